The zero-order valence-corrected chi connectivity index (χ0v) is 12.6. The van der Waals surface area contributed by atoms with Crippen LogP contribution in [0.5, 0.6) is 0 Å². The molecule has 0 aromatic carbocycles. The van der Waals surface area contributed by atoms with E-state index in [2.05, 4.69) is 45.7 Å². The molecule has 1 unspecified atom stereocenters. The van der Waals surface area contributed by atoms with Gasteiger partial charge in [0.25, 0.3) is 0 Å². The molecule has 0 aliphatic carbocycles. The molecule has 0 aliphatic rings. The molecule has 15 heavy (non-hydrogen) atoms. The van der Waals surface area contributed by atoms with Crippen LogP contribution in [0.3, 0.4) is 0 Å². The zero-order chi connectivity index (χ0) is 10.8. The summed E-state index contributed by atoms with van der Waals surface area (Å²) < 4.78 is 2.85. The maximum atomic E-state index is 5.29. The van der Waals surface area contributed by atoms with Gasteiger partial charge in [-0.05, 0) is 22.0 Å². The number of hydrogen-bond donors (Lipinski definition) is 2. The highest BCUT2D eigenvalue weighted by molar-refractivity contribution is 8.83. The van der Waals surface area contributed by atoms with Crippen LogP contribution in [0.15, 0.2) is 17.4 Å². The highest BCUT2D eigenvalue weighted by Gasteiger charge is 2.11. The van der Waals surface area contributed by atoms with E-state index >= 15 is 0 Å². The molecule has 0 spiro atoms. The second-order valence-corrected chi connectivity index (χ2v) is 10.5. The van der Waals surface area contributed by atoms with E-state index < -0.39 is 8.49 Å². The smallest absolute Gasteiger partial charge is 0.131 e. The van der Waals surface area contributed by atoms with E-state index in [0.29, 0.717) is 8.68 Å². The Balaban J connectivity index is 2.10. The van der Waals surface area contributed by atoms with Crippen LogP contribution in [0.2, 0.25) is 0 Å². The maximum Gasteiger partial charge on any atom is 0.189 e. The fraction of sp³-hybridized carbons (Fsp3) is 0. The van der Waals surface area contributed by atoms with Crippen molar-refractivity contribution >= 4 is 78.4 Å². The maximum absolute atomic E-state index is 5.29. The Hall–Kier alpha value is 0.740. The molecule has 0 saturated heterocycles. The molecule has 2 aromatic rings. The van der Waals surface area contributed by atoms with Crippen LogP contribution in [0, 0.1) is 0 Å². The molecule has 11 heteroatoms. The monoisotopic (exact) mass is 330 g/mol. The first kappa shape index (κ1) is 12.2. The highest BCUT2D eigenvalue weighted by atomic mass is 33.3. The van der Waals surface area contributed by atoms with Gasteiger partial charge >= 0.3 is 0 Å². The molecule has 2 aromatic heterocycles. The van der Waals surface area contributed by atoms with Crippen molar-refractivity contribution in [3.63, 3.8) is 0 Å². The minimum absolute atomic E-state index is 0.480. The van der Waals surface area contributed by atoms with Crippen LogP contribution in [0.1, 0.15) is 0 Å². The summed E-state index contributed by atoms with van der Waals surface area (Å²) in [6.07, 6.45) is 0. The molecule has 1 atom stereocenters. The molecule has 0 radical (unpaired) electrons. The van der Waals surface area contributed by atoms with Crippen LogP contribution >= 0.6 is 58.7 Å². The molecule has 0 aliphatic heterocycles. The first-order valence-corrected chi connectivity index (χ1v) is 9.31. The molecular formula is C4H2N4S7. The summed E-state index contributed by atoms with van der Waals surface area (Å²) in [5, 5.41) is 15.4. The Morgan fingerprint density at radius 1 is 1.07 bits per heavy atom. The van der Waals surface area contributed by atoms with Gasteiger partial charge in [0.2, 0.25) is 0 Å². The average molecular weight is 331 g/mol. The Kier molecular flexibility index (Phi) is 4.38. The number of rotatable bonds is 3. The summed E-state index contributed by atoms with van der Waals surface area (Å²) in [6.45, 7) is 0. The normalized spacial score (nSPS) is 12.9. The minimum atomic E-state index is -0.480. The fourth-order valence-corrected chi connectivity index (χ4v) is 7.20. The molecule has 80 valence electrons. The van der Waals surface area contributed by atoms with Crippen LogP contribution in [-0.4, -0.2) is 20.4 Å². The van der Waals surface area contributed by atoms with Gasteiger partial charge in [-0.2, -0.15) is 0 Å². The predicted molar refractivity (Wildman–Crippen MR) is 73.2 cm³/mol. The van der Waals surface area contributed by atoms with Crippen molar-refractivity contribution in [1.82, 2.24) is 20.4 Å². The van der Waals surface area contributed by atoms with Gasteiger partial charge in [-0.3, -0.25) is 0 Å². The first-order chi connectivity index (χ1) is 7.15. The summed E-state index contributed by atoms with van der Waals surface area (Å²) in [7, 11) is 0.963. The molecule has 0 saturated carbocycles. The van der Waals surface area contributed by atoms with Gasteiger partial charge in [-0.25, -0.2) is 0 Å². The van der Waals surface area contributed by atoms with E-state index in [-0.39, 0.29) is 0 Å². The third-order valence-electron chi connectivity index (χ3n) is 1.08. The molecule has 2 heterocycles. The summed E-state index contributed by atoms with van der Waals surface area (Å²) in [4.78, 5) is 0. The van der Waals surface area contributed by atoms with Crippen LogP contribution in [0.4, 0.5) is 0 Å². The standard InChI is InChI=1S/C4H2N4S7/c9-1-5-7-3(12-1)14-15(11)4-8-6-2(10)13-4/h(H,5,9)(H,6,10). The SMILES string of the molecule is S=S(Sc1nnc(S)s1)c1nnc(S)s1. The number of aromatic nitrogens is 4. The predicted octanol–water partition coefficient (Wildman–Crippen LogP) is 2.11. The minimum Gasteiger partial charge on any atom is -0.131 e. The van der Waals surface area contributed by atoms with Gasteiger partial charge in [0.05, 0.1) is 0 Å². The van der Waals surface area contributed by atoms with E-state index in [0.717, 1.165) is 8.68 Å². The second kappa shape index (κ2) is 5.38. The van der Waals surface area contributed by atoms with Crippen LogP contribution in [-0.2, 0) is 19.7 Å². The Labute approximate surface area is 115 Å². The summed E-state index contributed by atoms with van der Waals surface area (Å²) in [6, 6.07) is 0. The van der Waals surface area contributed by atoms with Gasteiger partial charge in [0.1, 0.15) is 0 Å². The first-order valence-electron chi connectivity index (χ1n) is 3.30. The lowest BCUT2D eigenvalue weighted by Gasteiger charge is -1.93. The van der Waals surface area contributed by atoms with Crippen molar-refractivity contribution in [2.45, 2.75) is 17.4 Å². The Bertz CT molecular complexity index is 489. The highest BCUT2D eigenvalue weighted by Crippen LogP contribution is 2.32. The number of hydrogen-bond acceptors (Lipinski definition) is 10. The number of nitrogens with zero attached hydrogens (tertiary/aromatic N) is 4. The average Bonchev–Trinajstić information content (AvgIpc) is 2.75. The van der Waals surface area contributed by atoms with Crippen LogP contribution in [0.25, 0.3) is 0 Å². The number of thiol groups is 2. The largest absolute Gasteiger partial charge is 0.189 e. The molecule has 0 N–H and O–H groups in total. The second-order valence-electron chi connectivity index (χ2n) is 2.02. The van der Waals surface area contributed by atoms with Gasteiger partial charge in [-0.15, -0.1) is 45.7 Å². The summed E-state index contributed by atoms with van der Waals surface area (Å²) >= 11 is 16.2. The zero-order valence-electron chi connectivity index (χ0n) is 6.72. The molecular weight excluding hydrogens is 329 g/mol. The van der Waals surface area contributed by atoms with Crippen molar-refractivity contribution in [2.24, 2.45) is 0 Å². The lowest BCUT2D eigenvalue weighted by atomic mass is 11.6. The van der Waals surface area contributed by atoms with Crippen molar-refractivity contribution in [3.05, 3.63) is 0 Å². The van der Waals surface area contributed by atoms with E-state index in [9.17, 15) is 0 Å². The van der Waals surface area contributed by atoms with Gasteiger partial charge < -0.3 is 0 Å². The lowest BCUT2D eigenvalue weighted by molar-refractivity contribution is 0.956. The third kappa shape index (κ3) is 3.35. The van der Waals surface area contributed by atoms with E-state index in [1.54, 1.807) is 0 Å². The fourth-order valence-electron chi connectivity index (χ4n) is 0.606. The molecule has 4 nitrogen and oxygen atoms in total. The molecule has 2 rings (SSSR count). The molecule has 0 bridgehead atoms. The van der Waals surface area contributed by atoms with Gasteiger partial charge in [0.15, 0.2) is 17.4 Å². The summed E-state index contributed by atoms with van der Waals surface area (Å²) in [5.41, 5.74) is 0. The van der Waals surface area contributed by atoms with Crippen LogP contribution < -0.4 is 0 Å². The Morgan fingerprint density at radius 2 is 1.73 bits per heavy atom. The summed E-state index contributed by atoms with van der Waals surface area (Å²) in [5.74, 6) is 0. The molecule has 0 amide bonds. The van der Waals surface area contributed by atoms with Gasteiger partial charge in [0, 0.05) is 8.49 Å². The third-order valence-corrected chi connectivity index (χ3v) is 8.28. The quantitative estimate of drug-likeness (QED) is 0.664. The van der Waals surface area contributed by atoms with E-state index in [4.69, 9.17) is 11.2 Å². The molecule has 0 fully saturated rings. The van der Waals surface area contributed by atoms with E-state index in [1.807, 2.05) is 0 Å². The van der Waals surface area contributed by atoms with Crippen molar-refractivity contribution in [3.8, 4) is 0 Å². The van der Waals surface area contributed by atoms with E-state index in [1.165, 1.54) is 33.5 Å². The lowest BCUT2D eigenvalue weighted by Crippen LogP contribution is -1.82. The van der Waals surface area contributed by atoms with Crippen molar-refractivity contribution in [1.29, 1.82) is 0 Å². The van der Waals surface area contributed by atoms with Crippen molar-refractivity contribution in [2.75, 3.05) is 0 Å². The van der Waals surface area contributed by atoms with Crippen molar-refractivity contribution < 1.29 is 0 Å². The topological polar surface area (TPSA) is 51.6 Å². The van der Waals surface area contributed by atoms with Gasteiger partial charge in [-0.1, -0.05) is 22.7 Å². The Morgan fingerprint density at radius 3 is 2.27 bits per heavy atom.